The van der Waals surface area contributed by atoms with Gasteiger partial charge in [-0.3, -0.25) is 4.79 Å². The van der Waals surface area contributed by atoms with Gasteiger partial charge in [-0.15, -0.1) is 0 Å². The summed E-state index contributed by atoms with van der Waals surface area (Å²) >= 11 is 0. The fraction of sp³-hybridized carbons (Fsp3) is 0.467. The second-order valence-corrected chi connectivity index (χ2v) is 4.63. The number of aliphatic carboxylic acids is 1. The van der Waals surface area contributed by atoms with Crippen LogP contribution < -0.4 is 20.1 Å². The molecule has 1 unspecified atom stereocenters. The highest BCUT2D eigenvalue weighted by Gasteiger charge is 2.13. The van der Waals surface area contributed by atoms with Gasteiger partial charge in [0.15, 0.2) is 11.5 Å². The van der Waals surface area contributed by atoms with Crippen molar-refractivity contribution in [3.05, 3.63) is 23.8 Å². The molecule has 0 fully saturated rings. The van der Waals surface area contributed by atoms with Crippen molar-refractivity contribution >= 4 is 12.0 Å². The molecule has 1 aromatic rings. The Morgan fingerprint density at radius 2 is 2.05 bits per heavy atom. The summed E-state index contributed by atoms with van der Waals surface area (Å²) in [6, 6.07) is 4.14. The maximum atomic E-state index is 11.5. The number of methoxy groups -OCH3 is 1. The van der Waals surface area contributed by atoms with Gasteiger partial charge < -0.3 is 25.2 Å². The van der Waals surface area contributed by atoms with E-state index in [0.717, 1.165) is 5.56 Å². The molecule has 7 nitrogen and oxygen atoms in total. The van der Waals surface area contributed by atoms with Gasteiger partial charge in [-0.25, -0.2) is 4.79 Å². The van der Waals surface area contributed by atoms with E-state index in [1.54, 1.807) is 7.11 Å². The lowest BCUT2D eigenvalue weighted by molar-refractivity contribution is -0.138. The summed E-state index contributed by atoms with van der Waals surface area (Å²) in [6.07, 6.45) is 0.595. The van der Waals surface area contributed by atoms with E-state index in [9.17, 15) is 9.59 Å². The lowest BCUT2D eigenvalue weighted by atomic mass is 10.1. The number of hydrogen-bond acceptors (Lipinski definition) is 4. The summed E-state index contributed by atoms with van der Waals surface area (Å²) in [7, 11) is 1.57. The second kappa shape index (κ2) is 8.76. The third kappa shape index (κ3) is 5.51. The maximum absolute atomic E-state index is 11.5. The summed E-state index contributed by atoms with van der Waals surface area (Å²) in [4.78, 5) is 22.1. The Labute approximate surface area is 129 Å². The molecule has 7 heteroatoms. The Hall–Kier alpha value is -2.44. The number of nitrogens with one attached hydrogen (secondary N) is 2. The van der Waals surface area contributed by atoms with E-state index >= 15 is 0 Å². The normalized spacial score (nSPS) is 11.4. The van der Waals surface area contributed by atoms with Gasteiger partial charge in [0, 0.05) is 6.54 Å². The van der Waals surface area contributed by atoms with Gasteiger partial charge >= 0.3 is 12.0 Å². The highest BCUT2D eigenvalue weighted by atomic mass is 16.5. The summed E-state index contributed by atoms with van der Waals surface area (Å²) in [5.74, 6) is 0.240. The molecule has 0 aliphatic rings. The largest absolute Gasteiger partial charge is 0.493 e. The van der Waals surface area contributed by atoms with Crippen LogP contribution in [-0.2, 0) is 11.2 Å². The lowest BCUT2D eigenvalue weighted by Gasteiger charge is -2.12. The molecule has 1 atom stereocenters. The molecular weight excluding hydrogens is 288 g/mol. The molecule has 0 saturated heterocycles. The molecule has 1 aromatic carbocycles. The van der Waals surface area contributed by atoms with Crippen molar-refractivity contribution in [2.75, 3.05) is 20.3 Å². The molecule has 22 heavy (non-hydrogen) atoms. The zero-order chi connectivity index (χ0) is 16.5. The van der Waals surface area contributed by atoms with Gasteiger partial charge in [-0.05, 0) is 38.0 Å². The minimum atomic E-state index is -1.08. The molecule has 3 N–H and O–H groups in total. The fourth-order valence-corrected chi connectivity index (χ4v) is 1.77. The topological polar surface area (TPSA) is 96.9 Å². The van der Waals surface area contributed by atoms with Crippen molar-refractivity contribution in [1.82, 2.24) is 10.6 Å². The second-order valence-electron chi connectivity index (χ2n) is 4.63. The molecule has 1 rings (SSSR count). The summed E-state index contributed by atoms with van der Waals surface area (Å²) in [6.45, 7) is 4.24. The van der Waals surface area contributed by atoms with E-state index < -0.39 is 18.0 Å². The van der Waals surface area contributed by atoms with Crippen LogP contribution in [0, 0.1) is 0 Å². The average Bonchev–Trinajstić information content (AvgIpc) is 2.48. The molecular formula is C15H22N2O5. The molecule has 0 spiro atoms. The molecule has 0 bridgehead atoms. The van der Waals surface area contributed by atoms with E-state index in [4.69, 9.17) is 14.6 Å². The van der Waals surface area contributed by atoms with Gasteiger partial charge in [0.05, 0.1) is 13.7 Å². The smallest absolute Gasteiger partial charge is 0.325 e. The van der Waals surface area contributed by atoms with Gasteiger partial charge in [0.2, 0.25) is 0 Å². The maximum Gasteiger partial charge on any atom is 0.325 e. The fourth-order valence-electron chi connectivity index (χ4n) is 1.77. The number of carboxylic acids is 1. The van der Waals surface area contributed by atoms with Crippen molar-refractivity contribution in [2.24, 2.45) is 0 Å². The summed E-state index contributed by atoms with van der Waals surface area (Å²) in [5.41, 5.74) is 0.979. The van der Waals surface area contributed by atoms with Crippen molar-refractivity contribution in [3.63, 3.8) is 0 Å². The van der Waals surface area contributed by atoms with Gasteiger partial charge in [0.25, 0.3) is 0 Å². The van der Waals surface area contributed by atoms with E-state index in [0.29, 0.717) is 31.1 Å². The predicted octanol–water partition coefficient (Wildman–Crippen LogP) is 1.41. The summed E-state index contributed by atoms with van der Waals surface area (Å²) < 4.78 is 10.7. The Kier molecular flexibility index (Phi) is 7.01. The highest BCUT2D eigenvalue weighted by Crippen LogP contribution is 2.28. The summed E-state index contributed by atoms with van der Waals surface area (Å²) in [5, 5.41) is 13.6. The lowest BCUT2D eigenvalue weighted by Crippen LogP contribution is -2.44. The van der Waals surface area contributed by atoms with Crippen molar-refractivity contribution < 1.29 is 24.2 Å². The number of carbonyl (C=O) groups is 2. The van der Waals surface area contributed by atoms with Crippen molar-refractivity contribution in [3.8, 4) is 11.5 Å². The Morgan fingerprint density at radius 3 is 2.64 bits per heavy atom. The van der Waals surface area contributed by atoms with Gasteiger partial charge in [0.1, 0.15) is 6.04 Å². The number of urea groups is 1. The van der Waals surface area contributed by atoms with Gasteiger partial charge in [-0.1, -0.05) is 6.07 Å². The minimum Gasteiger partial charge on any atom is -0.493 e. The van der Waals surface area contributed by atoms with Crippen LogP contribution in [-0.4, -0.2) is 43.4 Å². The van der Waals surface area contributed by atoms with Crippen LogP contribution in [0.15, 0.2) is 18.2 Å². The number of hydrogen-bond donors (Lipinski definition) is 3. The molecule has 0 radical (unpaired) electrons. The molecule has 2 amide bonds. The Bertz CT molecular complexity index is 519. The number of rotatable bonds is 8. The van der Waals surface area contributed by atoms with Crippen LogP contribution in [0.25, 0.3) is 0 Å². The first-order chi connectivity index (χ1) is 10.5. The first-order valence-corrected chi connectivity index (χ1v) is 7.04. The first kappa shape index (κ1) is 17.6. The third-order valence-electron chi connectivity index (χ3n) is 2.95. The van der Waals surface area contributed by atoms with E-state index in [1.807, 2.05) is 25.1 Å². The standard InChI is InChI=1S/C15H22N2O5/c1-4-22-12-6-5-11(9-13(12)21-3)7-8-16-15(20)17-10(2)14(18)19/h5-6,9-10H,4,7-8H2,1-3H3,(H,18,19)(H2,16,17,20). The van der Waals surface area contributed by atoms with Gasteiger partial charge in [-0.2, -0.15) is 0 Å². The molecule has 0 aromatic heterocycles. The van der Waals surface area contributed by atoms with E-state index in [-0.39, 0.29) is 0 Å². The van der Waals surface area contributed by atoms with Crippen LogP contribution in [0.3, 0.4) is 0 Å². The molecule has 0 heterocycles. The number of amides is 2. The average molecular weight is 310 g/mol. The molecule has 0 aliphatic carbocycles. The Balaban J connectivity index is 2.48. The van der Waals surface area contributed by atoms with E-state index in [2.05, 4.69) is 10.6 Å². The quantitative estimate of drug-likeness (QED) is 0.674. The van der Waals surface area contributed by atoms with Crippen LogP contribution in [0.5, 0.6) is 11.5 Å². The zero-order valence-electron chi connectivity index (χ0n) is 13.0. The number of carbonyl (C=O) groups excluding carboxylic acids is 1. The monoisotopic (exact) mass is 310 g/mol. The van der Waals surface area contributed by atoms with Crippen molar-refractivity contribution in [1.29, 1.82) is 0 Å². The predicted molar refractivity (Wildman–Crippen MR) is 81.5 cm³/mol. The SMILES string of the molecule is CCOc1ccc(CCNC(=O)NC(C)C(=O)O)cc1OC. The molecule has 122 valence electrons. The number of ether oxygens (including phenoxy) is 2. The first-order valence-electron chi connectivity index (χ1n) is 7.04. The van der Waals surface area contributed by atoms with Crippen LogP contribution in [0.4, 0.5) is 4.79 Å². The Morgan fingerprint density at radius 1 is 1.32 bits per heavy atom. The van der Waals surface area contributed by atoms with Crippen LogP contribution in [0.1, 0.15) is 19.4 Å². The molecule has 0 saturated carbocycles. The third-order valence-corrected chi connectivity index (χ3v) is 2.95. The highest BCUT2D eigenvalue weighted by molar-refractivity contribution is 5.82. The van der Waals surface area contributed by atoms with Crippen LogP contribution >= 0.6 is 0 Å². The number of benzene rings is 1. The van der Waals surface area contributed by atoms with Crippen molar-refractivity contribution in [2.45, 2.75) is 26.3 Å². The zero-order valence-corrected chi connectivity index (χ0v) is 13.0. The van der Waals surface area contributed by atoms with Crippen LogP contribution in [0.2, 0.25) is 0 Å². The number of carboxylic acid groups (broad SMARTS) is 1. The molecule has 0 aliphatic heterocycles. The van der Waals surface area contributed by atoms with E-state index in [1.165, 1.54) is 6.92 Å². The minimum absolute atomic E-state index is 0.384.